The Bertz CT molecular complexity index is 291. The van der Waals surface area contributed by atoms with Gasteiger partial charge in [0.05, 0.1) is 12.2 Å². The summed E-state index contributed by atoms with van der Waals surface area (Å²) in [5, 5.41) is 17.8. The lowest BCUT2D eigenvalue weighted by Gasteiger charge is -2.14. The summed E-state index contributed by atoms with van der Waals surface area (Å²) in [5.74, 6) is 0.464. The molecule has 160 valence electrons. The maximum absolute atomic E-state index is 10.5. The number of rotatable bonds is 0. The molecule has 0 aromatic heterocycles. The zero-order valence-electron chi connectivity index (χ0n) is 17.8. The summed E-state index contributed by atoms with van der Waals surface area (Å²) in [4.78, 5) is 10.5. The number of ketones is 1. The topological polar surface area (TPSA) is 57.5 Å². The first-order valence-corrected chi connectivity index (χ1v) is 12.1. The number of Topliss-reactive ketones (excluding diaryl/α,β-unsaturated/α-hetero) is 1. The van der Waals surface area contributed by atoms with Gasteiger partial charge in [-0.3, -0.25) is 4.79 Å². The minimum Gasteiger partial charge on any atom is -0.393 e. The van der Waals surface area contributed by atoms with Gasteiger partial charge in [0, 0.05) is 12.8 Å². The van der Waals surface area contributed by atoms with Gasteiger partial charge in [-0.05, 0) is 38.5 Å². The van der Waals surface area contributed by atoms with E-state index in [9.17, 15) is 4.79 Å². The van der Waals surface area contributed by atoms with Crippen molar-refractivity contribution in [2.24, 2.45) is 0 Å². The van der Waals surface area contributed by atoms with Crippen LogP contribution >= 0.6 is 0 Å². The highest BCUT2D eigenvalue weighted by Crippen LogP contribution is 2.17. The largest absolute Gasteiger partial charge is 0.393 e. The summed E-state index contributed by atoms with van der Waals surface area (Å²) < 4.78 is 0. The minimum atomic E-state index is 0.0359. The molecule has 0 aromatic rings. The summed E-state index contributed by atoms with van der Waals surface area (Å²) in [5.41, 5.74) is 0. The monoisotopic (exact) mass is 382 g/mol. The van der Waals surface area contributed by atoms with Crippen molar-refractivity contribution in [1.29, 1.82) is 0 Å². The third-order valence-electron chi connectivity index (χ3n) is 6.06. The molecule has 4 aliphatic rings. The van der Waals surface area contributed by atoms with Crippen LogP contribution in [-0.4, -0.2) is 28.2 Å². The predicted octanol–water partition coefficient (Wildman–Crippen LogP) is 6.48. The van der Waals surface area contributed by atoms with Crippen LogP contribution in [-0.2, 0) is 4.79 Å². The highest BCUT2D eigenvalue weighted by Gasteiger charge is 2.08. The fourth-order valence-electron chi connectivity index (χ4n) is 4.17. The van der Waals surface area contributed by atoms with Gasteiger partial charge >= 0.3 is 0 Å². The van der Waals surface area contributed by atoms with Crippen molar-refractivity contribution < 1.29 is 15.0 Å². The van der Waals surface area contributed by atoms with Crippen LogP contribution in [0.15, 0.2) is 0 Å². The Morgan fingerprint density at radius 3 is 0.889 bits per heavy atom. The second-order valence-corrected chi connectivity index (χ2v) is 8.80. The first kappa shape index (κ1) is 24.6. The van der Waals surface area contributed by atoms with Gasteiger partial charge in [-0.1, -0.05) is 83.5 Å². The van der Waals surface area contributed by atoms with Crippen molar-refractivity contribution >= 4 is 5.78 Å². The molecule has 0 atom stereocenters. The van der Waals surface area contributed by atoms with Crippen molar-refractivity contribution in [1.82, 2.24) is 0 Å². The van der Waals surface area contributed by atoms with E-state index in [-0.39, 0.29) is 12.2 Å². The highest BCUT2D eigenvalue weighted by atomic mass is 16.3. The molecular formula is C24H46O3. The van der Waals surface area contributed by atoms with Gasteiger partial charge < -0.3 is 10.2 Å². The van der Waals surface area contributed by atoms with E-state index in [1.165, 1.54) is 83.5 Å². The van der Waals surface area contributed by atoms with Gasteiger partial charge in [0.15, 0.2) is 0 Å². The van der Waals surface area contributed by atoms with E-state index >= 15 is 0 Å². The Morgan fingerprint density at radius 1 is 0.444 bits per heavy atom. The Balaban J connectivity index is 0.000000180. The van der Waals surface area contributed by atoms with Crippen molar-refractivity contribution in [3.8, 4) is 0 Å². The number of aliphatic hydroxyl groups excluding tert-OH is 2. The second-order valence-electron chi connectivity index (χ2n) is 8.80. The molecule has 0 radical (unpaired) electrons. The van der Waals surface area contributed by atoms with Gasteiger partial charge in [-0.15, -0.1) is 0 Å². The molecule has 27 heavy (non-hydrogen) atoms. The third-order valence-corrected chi connectivity index (χ3v) is 6.06. The van der Waals surface area contributed by atoms with Crippen LogP contribution in [0, 0.1) is 0 Å². The number of carbonyl (C=O) groups excluding carboxylic acids is 1. The number of carbonyl (C=O) groups is 1. The SMILES string of the molecule is C1CCCCC1.O=C1CCCCC1.OC1CCCCC1.OC1CCCCC1. The fourth-order valence-corrected chi connectivity index (χ4v) is 4.17. The summed E-state index contributed by atoms with van der Waals surface area (Å²) in [6.07, 6.45) is 26.1. The predicted molar refractivity (Wildman–Crippen MR) is 114 cm³/mol. The van der Waals surface area contributed by atoms with Crippen LogP contribution in [0.2, 0.25) is 0 Å². The Morgan fingerprint density at radius 2 is 0.704 bits per heavy atom. The molecule has 0 bridgehead atoms. The molecule has 0 saturated heterocycles. The van der Waals surface area contributed by atoms with Crippen LogP contribution in [0.4, 0.5) is 0 Å². The summed E-state index contributed by atoms with van der Waals surface area (Å²) in [6, 6.07) is 0. The van der Waals surface area contributed by atoms with Crippen LogP contribution in [0.1, 0.15) is 135 Å². The smallest absolute Gasteiger partial charge is 0.132 e. The molecule has 3 heteroatoms. The van der Waals surface area contributed by atoms with Gasteiger partial charge in [-0.25, -0.2) is 0 Å². The standard InChI is InChI=1S/2C6H12O.C6H10O.C6H12/c3*7-6-4-2-1-3-5-6;1-2-4-6-5-3-1/h2*6-7H,1-5H2;1-5H2;1-6H2. The Hall–Kier alpha value is -0.410. The molecule has 0 spiro atoms. The van der Waals surface area contributed by atoms with Crippen LogP contribution < -0.4 is 0 Å². The number of aliphatic hydroxyl groups is 2. The fraction of sp³-hybridized carbons (Fsp3) is 0.958. The first-order chi connectivity index (χ1) is 13.2. The quantitative estimate of drug-likeness (QED) is 0.504. The van der Waals surface area contributed by atoms with Gasteiger partial charge in [0.25, 0.3) is 0 Å². The molecule has 4 fully saturated rings. The lowest BCUT2D eigenvalue weighted by molar-refractivity contribution is -0.120. The summed E-state index contributed by atoms with van der Waals surface area (Å²) in [7, 11) is 0. The lowest BCUT2D eigenvalue weighted by Crippen LogP contribution is -2.09. The van der Waals surface area contributed by atoms with Gasteiger partial charge in [0.1, 0.15) is 5.78 Å². The zero-order chi connectivity index (χ0) is 19.6. The van der Waals surface area contributed by atoms with E-state index < -0.39 is 0 Å². The zero-order valence-corrected chi connectivity index (χ0v) is 17.8. The maximum atomic E-state index is 10.5. The van der Waals surface area contributed by atoms with E-state index in [0.29, 0.717) is 5.78 Å². The van der Waals surface area contributed by atoms with Crippen LogP contribution in [0.3, 0.4) is 0 Å². The van der Waals surface area contributed by atoms with Gasteiger partial charge in [-0.2, -0.15) is 0 Å². The van der Waals surface area contributed by atoms with Gasteiger partial charge in [0.2, 0.25) is 0 Å². The molecule has 4 aliphatic carbocycles. The van der Waals surface area contributed by atoms with Crippen LogP contribution in [0.5, 0.6) is 0 Å². The maximum Gasteiger partial charge on any atom is 0.132 e. The van der Waals surface area contributed by atoms with Crippen molar-refractivity contribution in [2.75, 3.05) is 0 Å². The van der Waals surface area contributed by atoms with E-state index in [4.69, 9.17) is 10.2 Å². The third kappa shape index (κ3) is 16.3. The van der Waals surface area contributed by atoms with Crippen molar-refractivity contribution in [3.05, 3.63) is 0 Å². The van der Waals surface area contributed by atoms with Crippen molar-refractivity contribution in [3.63, 3.8) is 0 Å². The normalized spacial score (nSPS) is 24.3. The Kier molecular flexibility index (Phi) is 16.1. The molecule has 0 unspecified atom stereocenters. The molecule has 0 aromatic carbocycles. The van der Waals surface area contributed by atoms with E-state index in [1.807, 2.05) is 0 Å². The van der Waals surface area contributed by atoms with E-state index in [0.717, 1.165) is 51.4 Å². The lowest BCUT2D eigenvalue weighted by atomic mass is 9.98. The average molecular weight is 383 g/mol. The minimum absolute atomic E-state index is 0.0359. The molecule has 4 rings (SSSR count). The highest BCUT2D eigenvalue weighted by molar-refractivity contribution is 5.78. The van der Waals surface area contributed by atoms with Crippen LogP contribution in [0.25, 0.3) is 0 Å². The second kappa shape index (κ2) is 17.7. The van der Waals surface area contributed by atoms with E-state index in [1.54, 1.807) is 0 Å². The van der Waals surface area contributed by atoms with E-state index in [2.05, 4.69) is 0 Å². The Labute approximate surface area is 168 Å². The molecule has 0 aliphatic heterocycles. The number of hydrogen-bond donors (Lipinski definition) is 2. The summed E-state index contributed by atoms with van der Waals surface area (Å²) >= 11 is 0. The molecule has 0 amide bonds. The number of hydrogen-bond acceptors (Lipinski definition) is 3. The summed E-state index contributed by atoms with van der Waals surface area (Å²) in [6.45, 7) is 0. The molecular weight excluding hydrogens is 336 g/mol. The average Bonchev–Trinajstić information content (AvgIpc) is 2.73. The molecule has 3 nitrogen and oxygen atoms in total. The molecule has 0 heterocycles. The molecule has 4 saturated carbocycles. The van der Waals surface area contributed by atoms with Crippen molar-refractivity contribution in [2.45, 2.75) is 147 Å². The first-order valence-electron chi connectivity index (χ1n) is 12.1. The molecule has 2 N–H and O–H groups in total.